The maximum absolute atomic E-state index is 5.89. The summed E-state index contributed by atoms with van der Waals surface area (Å²) in [5, 5.41) is 4.85. The summed E-state index contributed by atoms with van der Waals surface area (Å²) in [6.45, 7) is 5.63. The number of hydrogen-bond acceptors (Lipinski definition) is 4. The quantitative estimate of drug-likeness (QED) is 0.767. The van der Waals surface area contributed by atoms with Gasteiger partial charge in [-0.15, -0.1) is 11.3 Å². The van der Waals surface area contributed by atoms with Crippen LogP contribution in [0.4, 0.5) is 5.82 Å². The topological polar surface area (TPSA) is 64.9 Å². The summed E-state index contributed by atoms with van der Waals surface area (Å²) in [7, 11) is 0. The molecule has 2 heterocycles. The van der Waals surface area contributed by atoms with Crippen molar-refractivity contribution in [3.05, 3.63) is 34.3 Å². The fraction of sp³-hybridized carbons (Fsp3) is 0.0833. The van der Waals surface area contributed by atoms with Crippen LogP contribution in [0.25, 0.3) is 22.2 Å². The van der Waals surface area contributed by atoms with E-state index >= 15 is 0 Å². The molecular weight excluding hydrogens is 218 g/mol. The van der Waals surface area contributed by atoms with Gasteiger partial charge in [0.15, 0.2) is 0 Å². The molecule has 0 saturated heterocycles. The van der Waals surface area contributed by atoms with Crippen molar-refractivity contribution in [1.29, 1.82) is 0 Å². The van der Waals surface area contributed by atoms with E-state index in [1.165, 1.54) is 0 Å². The maximum Gasteiger partial charge on any atom is 0.132 e. The Morgan fingerprint density at radius 1 is 1.56 bits per heavy atom. The van der Waals surface area contributed by atoms with Crippen LogP contribution in [0.3, 0.4) is 0 Å². The van der Waals surface area contributed by atoms with Crippen molar-refractivity contribution >= 4 is 39.4 Å². The lowest BCUT2D eigenvalue weighted by Crippen LogP contribution is -2.29. The van der Waals surface area contributed by atoms with Crippen molar-refractivity contribution in [3.8, 4) is 0 Å². The molecule has 0 fully saturated rings. The van der Waals surface area contributed by atoms with Crippen LogP contribution in [0, 0.1) is 0 Å². The standard InChI is InChI=1S/C12H13N3S/c1-3-8-10(6-7(2)13)15-12(14)9-4-5-16-11(8)9/h3-6H,2,13H2,1H3,(H2,14,15)/b8-3+,10-6+. The molecule has 2 rings (SSSR count). The number of nitrogens with zero attached hydrogens (tertiary/aromatic N) is 1. The highest BCUT2D eigenvalue weighted by molar-refractivity contribution is 7.17. The second kappa shape index (κ2) is 3.98. The fourth-order valence-electron chi connectivity index (χ4n) is 1.65. The Labute approximate surface area is 97.4 Å². The molecule has 0 aliphatic heterocycles. The third-order valence-corrected chi connectivity index (χ3v) is 3.26. The minimum atomic E-state index is 0.478. The number of pyridine rings is 1. The van der Waals surface area contributed by atoms with Crippen LogP contribution in [0.5, 0.6) is 0 Å². The first-order chi connectivity index (χ1) is 7.63. The molecule has 4 heteroatoms. The van der Waals surface area contributed by atoms with E-state index in [4.69, 9.17) is 11.5 Å². The Morgan fingerprint density at radius 2 is 2.31 bits per heavy atom. The second-order valence-electron chi connectivity index (χ2n) is 3.47. The van der Waals surface area contributed by atoms with E-state index in [-0.39, 0.29) is 0 Å². The van der Waals surface area contributed by atoms with Crippen molar-refractivity contribution < 1.29 is 0 Å². The van der Waals surface area contributed by atoms with Crippen molar-refractivity contribution in [2.75, 3.05) is 5.73 Å². The SMILES string of the molecule is C=C(N)/C=c1/nc(N)c2ccsc2/c1=C/C. The smallest absolute Gasteiger partial charge is 0.132 e. The first-order valence-electron chi connectivity index (χ1n) is 4.88. The Bertz CT molecular complexity index is 667. The van der Waals surface area contributed by atoms with Gasteiger partial charge in [-0.05, 0) is 24.4 Å². The van der Waals surface area contributed by atoms with Crippen LogP contribution in [0.2, 0.25) is 0 Å². The zero-order valence-corrected chi connectivity index (χ0v) is 9.84. The average molecular weight is 231 g/mol. The summed E-state index contributed by atoms with van der Waals surface area (Å²) in [6.07, 6.45) is 3.75. The number of rotatable bonds is 1. The van der Waals surface area contributed by atoms with Gasteiger partial charge >= 0.3 is 0 Å². The summed E-state index contributed by atoms with van der Waals surface area (Å²) in [4.78, 5) is 4.34. The minimum absolute atomic E-state index is 0.478. The number of allylic oxidation sites excluding steroid dienone is 1. The van der Waals surface area contributed by atoms with E-state index in [1.807, 2.05) is 24.4 Å². The molecule has 0 spiro atoms. The van der Waals surface area contributed by atoms with Crippen LogP contribution in [0.1, 0.15) is 6.92 Å². The van der Waals surface area contributed by atoms with Crippen LogP contribution < -0.4 is 22.0 Å². The molecule has 16 heavy (non-hydrogen) atoms. The van der Waals surface area contributed by atoms with Gasteiger partial charge in [0.1, 0.15) is 5.82 Å². The summed E-state index contributed by atoms with van der Waals surface area (Å²) >= 11 is 1.65. The average Bonchev–Trinajstić information content (AvgIpc) is 2.66. The van der Waals surface area contributed by atoms with Crippen LogP contribution in [-0.4, -0.2) is 4.98 Å². The molecule has 0 amide bonds. The van der Waals surface area contributed by atoms with Crippen molar-refractivity contribution in [1.82, 2.24) is 4.98 Å². The molecule has 0 bridgehead atoms. The lowest BCUT2D eigenvalue weighted by atomic mass is 10.2. The van der Waals surface area contributed by atoms with E-state index in [0.29, 0.717) is 11.5 Å². The molecule has 2 aromatic heterocycles. The van der Waals surface area contributed by atoms with E-state index in [0.717, 1.165) is 20.7 Å². The number of fused-ring (bicyclic) bond motifs is 1. The Hall–Kier alpha value is -1.81. The predicted molar refractivity (Wildman–Crippen MR) is 71.2 cm³/mol. The van der Waals surface area contributed by atoms with Crippen molar-refractivity contribution in [2.45, 2.75) is 6.92 Å². The first-order valence-corrected chi connectivity index (χ1v) is 5.76. The molecular formula is C12H13N3S. The van der Waals surface area contributed by atoms with Gasteiger partial charge in [-0.3, -0.25) is 0 Å². The molecule has 0 aliphatic carbocycles. The molecule has 0 saturated carbocycles. The number of aromatic nitrogens is 1. The molecule has 3 nitrogen and oxygen atoms in total. The highest BCUT2D eigenvalue weighted by atomic mass is 32.1. The van der Waals surface area contributed by atoms with Crippen LogP contribution >= 0.6 is 11.3 Å². The highest BCUT2D eigenvalue weighted by Gasteiger charge is 2.03. The third-order valence-electron chi connectivity index (χ3n) is 2.31. The molecule has 4 N–H and O–H groups in total. The highest BCUT2D eigenvalue weighted by Crippen LogP contribution is 2.19. The summed E-state index contributed by atoms with van der Waals surface area (Å²) < 4.78 is 1.14. The van der Waals surface area contributed by atoms with Gasteiger partial charge < -0.3 is 11.5 Å². The normalized spacial score (nSPS) is 13.6. The molecule has 0 aromatic carbocycles. The van der Waals surface area contributed by atoms with Gasteiger partial charge in [0.25, 0.3) is 0 Å². The molecule has 2 aromatic rings. The van der Waals surface area contributed by atoms with E-state index in [2.05, 4.69) is 11.6 Å². The predicted octanol–water partition coefficient (Wildman–Crippen LogP) is 0.932. The Morgan fingerprint density at radius 3 is 2.94 bits per heavy atom. The van der Waals surface area contributed by atoms with Gasteiger partial charge in [-0.2, -0.15) is 0 Å². The van der Waals surface area contributed by atoms with Gasteiger partial charge in [0.2, 0.25) is 0 Å². The maximum atomic E-state index is 5.89. The van der Waals surface area contributed by atoms with Gasteiger partial charge in [-0.1, -0.05) is 12.7 Å². The Balaban J connectivity index is 3.02. The summed E-state index contributed by atoms with van der Waals surface area (Å²) in [5.41, 5.74) is 11.9. The lowest BCUT2D eigenvalue weighted by Gasteiger charge is -1.98. The molecule has 0 aliphatic rings. The van der Waals surface area contributed by atoms with Crippen LogP contribution in [0.15, 0.2) is 23.7 Å². The van der Waals surface area contributed by atoms with Crippen molar-refractivity contribution in [2.24, 2.45) is 5.73 Å². The molecule has 0 unspecified atom stereocenters. The van der Waals surface area contributed by atoms with E-state index in [1.54, 1.807) is 17.4 Å². The zero-order valence-electron chi connectivity index (χ0n) is 9.03. The molecule has 82 valence electrons. The number of anilines is 1. The number of nitrogen functional groups attached to an aromatic ring is 1. The lowest BCUT2D eigenvalue weighted by molar-refractivity contribution is 1.26. The summed E-state index contributed by atoms with van der Waals surface area (Å²) in [6, 6.07) is 1.98. The minimum Gasteiger partial charge on any atom is -0.399 e. The van der Waals surface area contributed by atoms with Crippen LogP contribution in [-0.2, 0) is 0 Å². The molecule has 0 radical (unpaired) electrons. The van der Waals surface area contributed by atoms with Gasteiger partial charge in [0.05, 0.1) is 5.35 Å². The second-order valence-corrected chi connectivity index (χ2v) is 4.38. The fourth-order valence-corrected chi connectivity index (χ4v) is 2.64. The number of thiophene rings is 1. The van der Waals surface area contributed by atoms with E-state index in [9.17, 15) is 0 Å². The Kier molecular flexibility index (Phi) is 2.66. The molecule has 0 atom stereocenters. The van der Waals surface area contributed by atoms with Gasteiger partial charge in [0, 0.05) is 21.0 Å². The first kappa shape index (κ1) is 10.7. The monoisotopic (exact) mass is 231 g/mol. The van der Waals surface area contributed by atoms with Gasteiger partial charge in [-0.25, -0.2) is 4.98 Å². The number of hydrogen-bond donors (Lipinski definition) is 2. The largest absolute Gasteiger partial charge is 0.399 e. The van der Waals surface area contributed by atoms with Crippen molar-refractivity contribution in [3.63, 3.8) is 0 Å². The third kappa shape index (κ3) is 1.67. The number of nitrogens with two attached hydrogens (primary N) is 2. The zero-order chi connectivity index (χ0) is 11.7. The van der Waals surface area contributed by atoms with E-state index < -0.39 is 0 Å². The summed E-state index contributed by atoms with van der Waals surface area (Å²) in [5.74, 6) is 0.536.